The lowest BCUT2D eigenvalue weighted by Gasteiger charge is -2.24. The second kappa shape index (κ2) is 6.25. The second-order valence-corrected chi connectivity index (χ2v) is 2.86. The van der Waals surface area contributed by atoms with E-state index in [1.165, 1.54) is 6.92 Å². The van der Waals surface area contributed by atoms with Gasteiger partial charge in [-0.05, 0) is 6.92 Å². The summed E-state index contributed by atoms with van der Waals surface area (Å²) >= 11 is 0. The number of nitrogens with two attached hydrogens (primary N) is 1. The molecule has 0 aromatic rings. The zero-order chi connectivity index (χ0) is 10.4. The number of ether oxygens (including phenoxy) is 1. The normalized spacial score (nSPS) is 20.8. The Labute approximate surface area is 76.6 Å². The summed E-state index contributed by atoms with van der Waals surface area (Å²) in [5.41, 5.74) is 5.28. The summed E-state index contributed by atoms with van der Waals surface area (Å²) in [6.07, 6.45) is -3.51. The van der Waals surface area contributed by atoms with Crippen LogP contribution >= 0.6 is 0 Å². The molecule has 13 heavy (non-hydrogen) atoms. The van der Waals surface area contributed by atoms with E-state index in [-0.39, 0.29) is 0 Å². The first-order valence-electron chi connectivity index (χ1n) is 4.01. The van der Waals surface area contributed by atoms with Gasteiger partial charge in [-0.3, -0.25) is 0 Å². The van der Waals surface area contributed by atoms with Gasteiger partial charge in [0.05, 0.1) is 19.3 Å². The summed E-state index contributed by atoms with van der Waals surface area (Å²) in [6, 6.07) is -0.625. The third-order valence-corrected chi connectivity index (χ3v) is 1.56. The van der Waals surface area contributed by atoms with Crippen LogP contribution in [0.4, 0.5) is 0 Å². The monoisotopic (exact) mass is 195 g/mol. The van der Waals surface area contributed by atoms with Crippen molar-refractivity contribution in [3.63, 3.8) is 0 Å². The average molecular weight is 195 g/mol. The number of hydrogen-bond donors (Lipinski definition) is 5. The van der Waals surface area contributed by atoms with E-state index in [9.17, 15) is 0 Å². The molecule has 0 aliphatic carbocycles. The van der Waals surface area contributed by atoms with Crippen molar-refractivity contribution >= 4 is 0 Å². The standard InChI is InChI=1S/C7H17NO5/c1-4(8)7(12)13-6(3-10)5(11)2-9/h4-7,9-12H,2-3,8H2,1H3/t4-,5+,6?,7+/m0/s1. The molecule has 1 unspecified atom stereocenters. The van der Waals surface area contributed by atoms with E-state index >= 15 is 0 Å². The number of aliphatic hydroxyl groups is 4. The molecule has 0 amide bonds. The highest BCUT2D eigenvalue weighted by Crippen LogP contribution is 2.03. The predicted octanol–water partition coefficient (Wildman–Crippen LogP) is -2.62. The van der Waals surface area contributed by atoms with E-state index in [1.807, 2.05) is 0 Å². The van der Waals surface area contributed by atoms with Crippen molar-refractivity contribution in [2.45, 2.75) is 31.5 Å². The van der Waals surface area contributed by atoms with Crippen molar-refractivity contribution in [1.82, 2.24) is 0 Å². The van der Waals surface area contributed by atoms with Gasteiger partial charge >= 0.3 is 0 Å². The first kappa shape index (κ1) is 12.8. The molecule has 80 valence electrons. The molecule has 6 heteroatoms. The third-order valence-electron chi connectivity index (χ3n) is 1.56. The summed E-state index contributed by atoms with van der Waals surface area (Å²) in [4.78, 5) is 0. The molecule has 0 spiro atoms. The summed E-state index contributed by atoms with van der Waals surface area (Å²) in [7, 11) is 0. The Balaban J connectivity index is 3.97. The quantitative estimate of drug-likeness (QED) is 0.296. The Morgan fingerprint density at radius 2 is 1.77 bits per heavy atom. The Bertz CT molecular complexity index is 132. The molecule has 0 rings (SSSR count). The maximum atomic E-state index is 9.12. The maximum absolute atomic E-state index is 9.12. The fourth-order valence-electron chi connectivity index (χ4n) is 0.676. The van der Waals surface area contributed by atoms with Crippen molar-refractivity contribution in [1.29, 1.82) is 0 Å². The van der Waals surface area contributed by atoms with Crippen molar-refractivity contribution in [3.8, 4) is 0 Å². The summed E-state index contributed by atoms with van der Waals surface area (Å²) in [5, 5.41) is 35.4. The molecular weight excluding hydrogens is 178 g/mol. The number of rotatable bonds is 6. The molecule has 0 aliphatic heterocycles. The maximum Gasteiger partial charge on any atom is 0.170 e. The van der Waals surface area contributed by atoms with Gasteiger partial charge in [0.2, 0.25) is 0 Å². The van der Waals surface area contributed by atoms with Gasteiger partial charge in [0.25, 0.3) is 0 Å². The number of aliphatic hydroxyl groups excluding tert-OH is 4. The lowest BCUT2D eigenvalue weighted by atomic mass is 10.2. The van der Waals surface area contributed by atoms with Crippen molar-refractivity contribution in [2.75, 3.05) is 13.2 Å². The Morgan fingerprint density at radius 1 is 1.23 bits per heavy atom. The lowest BCUT2D eigenvalue weighted by molar-refractivity contribution is -0.186. The molecule has 0 radical (unpaired) electrons. The molecule has 4 atom stereocenters. The molecule has 6 nitrogen and oxygen atoms in total. The Morgan fingerprint density at radius 3 is 2.08 bits per heavy atom. The van der Waals surface area contributed by atoms with Crippen molar-refractivity contribution in [2.24, 2.45) is 5.73 Å². The molecule has 0 heterocycles. The van der Waals surface area contributed by atoms with Gasteiger partial charge in [-0.1, -0.05) is 0 Å². The minimum absolute atomic E-state index is 0.495. The van der Waals surface area contributed by atoms with Gasteiger partial charge in [0, 0.05) is 0 Å². The van der Waals surface area contributed by atoms with Crippen LogP contribution in [0.2, 0.25) is 0 Å². The van der Waals surface area contributed by atoms with Crippen LogP contribution in [0.3, 0.4) is 0 Å². The smallest absolute Gasteiger partial charge is 0.170 e. The highest BCUT2D eigenvalue weighted by molar-refractivity contribution is 4.69. The van der Waals surface area contributed by atoms with Crippen LogP contribution < -0.4 is 5.73 Å². The zero-order valence-corrected chi connectivity index (χ0v) is 7.50. The molecule has 0 saturated carbocycles. The summed E-state index contributed by atoms with van der Waals surface area (Å²) in [6.45, 7) is 0.479. The van der Waals surface area contributed by atoms with E-state index in [2.05, 4.69) is 0 Å². The second-order valence-electron chi connectivity index (χ2n) is 2.86. The van der Waals surface area contributed by atoms with Crippen LogP contribution in [0.1, 0.15) is 6.92 Å². The van der Waals surface area contributed by atoms with Crippen LogP contribution in [0.15, 0.2) is 0 Å². The largest absolute Gasteiger partial charge is 0.394 e. The fourth-order valence-corrected chi connectivity index (χ4v) is 0.676. The molecule has 0 bridgehead atoms. The van der Waals surface area contributed by atoms with E-state index < -0.39 is 37.8 Å². The molecule has 0 aromatic heterocycles. The van der Waals surface area contributed by atoms with Gasteiger partial charge in [0.15, 0.2) is 6.29 Å². The molecular formula is C7H17NO5. The SMILES string of the molecule is C[C@H](N)[C@H](O)OC(CO)[C@H](O)CO. The average Bonchev–Trinajstić information content (AvgIpc) is 2.12. The molecule has 0 aromatic carbocycles. The van der Waals surface area contributed by atoms with Gasteiger partial charge in [-0.25, -0.2) is 0 Å². The van der Waals surface area contributed by atoms with Crippen molar-refractivity contribution < 1.29 is 25.2 Å². The van der Waals surface area contributed by atoms with Gasteiger partial charge in [-0.2, -0.15) is 0 Å². The predicted molar refractivity (Wildman–Crippen MR) is 44.7 cm³/mol. The van der Waals surface area contributed by atoms with Gasteiger partial charge < -0.3 is 30.9 Å². The van der Waals surface area contributed by atoms with Crippen molar-refractivity contribution in [3.05, 3.63) is 0 Å². The summed E-state index contributed by atoms with van der Waals surface area (Å²) < 4.78 is 4.78. The minimum atomic E-state index is -1.27. The number of hydrogen-bond acceptors (Lipinski definition) is 6. The fraction of sp³-hybridized carbons (Fsp3) is 1.00. The highest BCUT2D eigenvalue weighted by Gasteiger charge is 2.23. The van der Waals surface area contributed by atoms with E-state index in [0.29, 0.717) is 0 Å². The molecule has 0 aliphatic rings. The molecule has 0 saturated heterocycles. The van der Waals surface area contributed by atoms with Gasteiger partial charge in [0.1, 0.15) is 12.2 Å². The molecule has 6 N–H and O–H groups in total. The van der Waals surface area contributed by atoms with Crippen LogP contribution in [0, 0.1) is 0 Å². The van der Waals surface area contributed by atoms with E-state index in [1.54, 1.807) is 0 Å². The van der Waals surface area contributed by atoms with E-state index in [4.69, 9.17) is 30.9 Å². The summed E-state index contributed by atoms with van der Waals surface area (Å²) in [5.74, 6) is 0. The lowest BCUT2D eigenvalue weighted by Crippen LogP contribution is -2.43. The topological polar surface area (TPSA) is 116 Å². The third kappa shape index (κ3) is 4.51. The minimum Gasteiger partial charge on any atom is -0.394 e. The van der Waals surface area contributed by atoms with Crippen LogP contribution in [-0.4, -0.2) is 58.2 Å². The first-order valence-corrected chi connectivity index (χ1v) is 4.01. The first-order chi connectivity index (χ1) is 6.02. The van der Waals surface area contributed by atoms with Crippen LogP contribution in [0.25, 0.3) is 0 Å². The molecule has 0 fully saturated rings. The van der Waals surface area contributed by atoms with Gasteiger partial charge in [-0.15, -0.1) is 0 Å². The highest BCUT2D eigenvalue weighted by atomic mass is 16.6. The Kier molecular flexibility index (Phi) is 6.13. The zero-order valence-electron chi connectivity index (χ0n) is 7.50. The van der Waals surface area contributed by atoms with E-state index in [0.717, 1.165) is 0 Å². The Hall–Kier alpha value is -0.240. The van der Waals surface area contributed by atoms with Crippen LogP contribution in [0.5, 0.6) is 0 Å². The van der Waals surface area contributed by atoms with Crippen LogP contribution in [-0.2, 0) is 4.74 Å².